The second-order valence-electron chi connectivity index (χ2n) is 9.95. The highest BCUT2D eigenvalue weighted by Gasteiger charge is 2.08. The van der Waals surface area contributed by atoms with Crippen molar-refractivity contribution in [3.63, 3.8) is 0 Å². The lowest BCUT2D eigenvalue weighted by Crippen LogP contribution is -2.04. The Kier molecular flexibility index (Phi) is 26.7. The number of hydrogen-bond donors (Lipinski definition) is 1. The van der Waals surface area contributed by atoms with Crippen LogP contribution in [0.15, 0.2) is 12.2 Å². The number of allylic oxidation sites excluding steroid dienone is 1. The molecule has 0 heterocycles. The third-order valence-electron chi connectivity index (χ3n) is 6.73. The highest BCUT2D eigenvalue weighted by molar-refractivity contribution is 5.69. The normalized spacial score (nSPS) is 12.5. The molecular formula is C30H58O3. The molecule has 0 aliphatic carbocycles. The molecule has 1 N–H and O–H groups in total. The van der Waals surface area contributed by atoms with E-state index in [1.807, 2.05) is 6.08 Å². The summed E-state index contributed by atoms with van der Waals surface area (Å²) in [6.45, 7) is 5.26. The maximum absolute atomic E-state index is 11.7. The van der Waals surface area contributed by atoms with Crippen LogP contribution in [-0.4, -0.2) is 24.3 Å². The van der Waals surface area contributed by atoms with Gasteiger partial charge in [0.05, 0.1) is 0 Å². The van der Waals surface area contributed by atoms with E-state index in [4.69, 9.17) is 4.74 Å². The summed E-state index contributed by atoms with van der Waals surface area (Å²) in [6.07, 6.45) is 31.2. The van der Waals surface area contributed by atoms with Crippen LogP contribution in [0, 0.1) is 5.92 Å². The molecule has 0 saturated heterocycles. The molecule has 0 saturated carbocycles. The predicted octanol–water partition coefficient (Wildman–Crippen LogP) is 9.32. The van der Waals surface area contributed by atoms with Gasteiger partial charge < -0.3 is 9.84 Å². The largest absolute Gasteiger partial charge is 0.461 e. The lowest BCUT2D eigenvalue weighted by molar-refractivity contribution is -0.142. The van der Waals surface area contributed by atoms with Gasteiger partial charge in [0, 0.05) is 13.0 Å². The summed E-state index contributed by atoms with van der Waals surface area (Å²) in [5.74, 6) is 0.673. The van der Waals surface area contributed by atoms with Crippen LogP contribution in [0.2, 0.25) is 0 Å². The zero-order valence-electron chi connectivity index (χ0n) is 22.5. The summed E-state index contributed by atoms with van der Waals surface area (Å²) in [4.78, 5) is 11.7. The summed E-state index contributed by atoms with van der Waals surface area (Å²) < 4.78 is 5.26. The SMILES string of the molecule is CCCCC/C=C\COC(=O)CCCCCCCCCC(CCO)CCCCCCCCC. The van der Waals surface area contributed by atoms with Crippen molar-refractivity contribution in [1.29, 1.82) is 0 Å². The Morgan fingerprint density at radius 2 is 1.18 bits per heavy atom. The molecule has 33 heavy (non-hydrogen) atoms. The van der Waals surface area contributed by atoms with Gasteiger partial charge in [0.2, 0.25) is 0 Å². The molecule has 1 unspecified atom stereocenters. The van der Waals surface area contributed by atoms with Gasteiger partial charge in [0.15, 0.2) is 0 Å². The molecule has 0 spiro atoms. The molecule has 0 radical (unpaired) electrons. The molecular weight excluding hydrogens is 408 g/mol. The monoisotopic (exact) mass is 466 g/mol. The van der Waals surface area contributed by atoms with Crippen molar-refractivity contribution >= 4 is 5.97 Å². The molecule has 0 aliphatic rings. The van der Waals surface area contributed by atoms with E-state index in [-0.39, 0.29) is 5.97 Å². The Labute approximate surface area is 207 Å². The van der Waals surface area contributed by atoms with E-state index in [9.17, 15) is 9.90 Å². The van der Waals surface area contributed by atoms with E-state index >= 15 is 0 Å². The van der Waals surface area contributed by atoms with Crippen molar-refractivity contribution in [3.05, 3.63) is 12.2 Å². The van der Waals surface area contributed by atoms with Crippen molar-refractivity contribution in [2.24, 2.45) is 5.92 Å². The topological polar surface area (TPSA) is 46.5 Å². The Morgan fingerprint density at radius 3 is 1.76 bits per heavy atom. The Bertz CT molecular complexity index is 419. The molecule has 3 heteroatoms. The molecule has 0 aromatic heterocycles. The lowest BCUT2D eigenvalue weighted by Gasteiger charge is -2.15. The van der Waals surface area contributed by atoms with Crippen LogP contribution < -0.4 is 0 Å². The van der Waals surface area contributed by atoms with E-state index in [1.165, 1.54) is 109 Å². The highest BCUT2D eigenvalue weighted by Crippen LogP contribution is 2.22. The van der Waals surface area contributed by atoms with Gasteiger partial charge >= 0.3 is 5.97 Å². The molecule has 0 rings (SSSR count). The number of aliphatic hydroxyl groups excluding tert-OH is 1. The fourth-order valence-corrected chi connectivity index (χ4v) is 4.50. The summed E-state index contributed by atoms with van der Waals surface area (Å²) in [5, 5.41) is 9.36. The predicted molar refractivity (Wildman–Crippen MR) is 144 cm³/mol. The van der Waals surface area contributed by atoms with E-state index in [0.29, 0.717) is 19.6 Å². The highest BCUT2D eigenvalue weighted by atomic mass is 16.5. The standard InChI is InChI=1S/C30H58O3/c1-3-5-7-9-12-15-19-23-29(26-27-31)24-20-16-13-11-14-17-21-25-30(32)33-28-22-18-10-8-6-4-2/h18,22,29,31H,3-17,19-21,23-28H2,1-2H3/b22-18-. The van der Waals surface area contributed by atoms with Gasteiger partial charge in [0.1, 0.15) is 6.61 Å². The fraction of sp³-hybridized carbons (Fsp3) is 0.900. The molecule has 3 nitrogen and oxygen atoms in total. The Morgan fingerprint density at radius 1 is 0.667 bits per heavy atom. The van der Waals surface area contributed by atoms with Crippen LogP contribution in [0.25, 0.3) is 0 Å². The van der Waals surface area contributed by atoms with Crippen LogP contribution in [0.3, 0.4) is 0 Å². The first kappa shape index (κ1) is 32.2. The van der Waals surface area contributed by atoms with Gasteiger partial charge in [-0.05, 0) is 31.6 Å². The smallest absolute Gasteiger partial charge is 0.306 e. The van der Waals surface area contributed by atoms with Gasteiger partial charge in [-0.1, -0.05) is 135 Å². The van der Waals surface area contributed by atoms with Crippen LogP contribution in [0.5, 0.6) is 0 Å². The molecule has 1 atom stereocenters. The van der Waals surface area contributed by atoms with E-state index in [0.717, 1.165) is 31.6 Å². The molecule has 0 bridgehead atoms. The van der Waals surface area contributed by atoms with Gasteiger partial charge in [-0.2, -0.15) is 0 Å². The molecule has 0 aromatic rings. The van der Waals surface area contributed by atoms with Crippen LogP contribution in [0.1, 0.15) is 155 Å². The average Bonchev–Trinajstić information content (AvgIpc) is 2.81. The van der Waals surface area contributed by atoms with E-state index in [1.54, 1.807) is 0 Å². The van der Waals surface area contributed by atoms with Crippen LogP contribution in [-0.2, 0) is 9.53 Å². The zero-order chi connectivity index (χ0) is 24.2. The van der Waals surface area contributed by atoms with Crippen molar-refractivity contribution in [2.75, 3.05) is 13.2 Å². The summed E-state index contributed by atoms with van der Waals surface area (Å²) in [6, 6.07) is 0. The lowest BCUT2D eigenvalue weighted by atomic mass is 9.91. The van der Waals surface area contributed by atoms with E-state index < -0.39 is 0 Å². The summed E-state index contributed by atoms with van der Waals surface area (Å²) in [5.41, 5.74) is 0. The first-order chi connectivity index (χ1) is 16.2. The number of ether oxygens (including phenoxy) is 1. The molecule has 0 fully saturated rings. The second kappa shape index (κ2) is 27.4. The fourth-order valence-electron chi connectivity index (χ4n) is 4.50. The zero-order valence-corrected chi connectivity index (χ0v) is 22.5. The van der Waals surface area contributed by atoms with Gasteiger partial charge in [-0.25, -0.2) is 0 Å². The first-order valence-electron chi connectivity index (χ1n) is 14.7. The van der Waals surface area contributed by atoms with Crippen molar-refractivity contribution < 1.29 is 14.6 Å². The quantitative estimate of drug-likeness (QED) is 0.0784. The third-order valence-corrected chi connectivity index (χ3v) is 6.73. The number of esters is 1. The number of carbonyl (C=O) groups is 1. The second-order valence-corrected chi connectivity index (χ2v) is 9.95. The molecule has 0 amide bonds. The maximum Gasteiger partial charge on any atom is 0.306 e. The number of carbonyl (C=O) groups excluding carboxylic acids is 1. The molecule has 0 aliphatic heterocycles. The minimum atomic E-state index is -0.0518. The summed E-state index contributed by atoms with van der Waals surface area (Å²) in [7, 11) is 0. The third kappa shape index (κ3) is 25.6. The molecule has 0 aromatic carbocycles. The van der Waals surface area contributed by atoms with Gasteiger partial charge in [-0.3, -0.25) is 4.79 Å². The number of unbranched alkanes of at least 4 members (excludes halogenated alkanes) is 15. The number of rotatable bonds is 26. The van der Waals surface area contributed by atoms with Crippen LogP contribution >= 0.6 is 0 Å². The molecule has 196 valence electrons. The Hall–Kier alpha value is -0.830. The average molecular weight is 467 g/mol. The number of aliphatic hydroxyl groups is 1. The summed E-state index contributed by atoms with van der Waals surface area (Å²) >= 11 is 0. The van der Waals surface area contributed by atoms with Gasteiger partial charge in [-0.15, -0.1) is 0 Å². The van der Waals surface area contributed by atoms with E-state index in [2.05, 4.69) is 19.9 Å². The Balaban J connectivity index is 3.49. The number of hydrogen-bond acceptors (Lipinski definition) is 3. The minimum absolute atomic E-state index is 0.0518. The minimum Gasteiger partial charge on any atom is -0.461 e. The first-order valence-corrected chi connectivity index (χ1v) is 14.7. The van der Waals surface area contributed by atoms with Crippen molar-refractivity contribution in [2.45, 2.75) is 155 Å². The van der Waals surface area contributed by atoms with Crippen LogP contribution in [0.4, 0.5) is 0 Å². The maximum atomic E-state index is 11.7. The van der Waals surface area contributed by atoms with Crippen molar-refractivity contribution in [3.8, 4) is 0 Å². The van der Waals surface area contributed by atoms with Gasteiger partial charge in [0.25, 0.3) is 0 Å². The van der Waals surface area contributed by atoms with Crippen molar-refractivity contribution in [1.82, 2.24) is 0 Å².